The third-order valence-corrected chi connectivity index (χ3v) is 3.78. The number of nitrogens with zero attached hydrogens (tertiary/aromatic N) is 2. The summed E-state index contributed by atoms with van der Waals surface area (Å²) in [5.41, 5.74) is 8.52. The van der Waals surface area contributed by atoms with E-state index in [1.165, 1.54) is 0 Å². The van der Waals surface area contributed by atoms with E-state index in [-0.39, 0.29) is 18.4 Å². The summed E-state index contributed by atoms with van der Waals surface area (Å²) < 4.78 is 7.27. The van der Waals surface area contributed by atoms with Crippen molar-refractivity contribution in [2.24, 2.45) is 11.7 Å². The minimum Gasteiger partial charge on any atom is -0.381 e. The lowest BCUT2D eigenvalue weighted by Crippen LogP contribution is -2.27. The molecule has 0 saturated carbocycles. The lowest BCUT2D eigenvalue weighted by molar-refractivity contribution is 0.0584. The first kappa shape index (κ1) is 15.0. The van der Waals surface area contributed by atoms with Crippen molar-refractivity contribution in [3.8, 4) is 5.69 Å². The second kappa shape index (κ2) is 6.88. The van der Waals surface area contributed by atoms with Gasteiger partial charge in [0.1, 0.15) is 0 Å². The van der Waals surface area contributed by atoms with E-state index in [0.717, 1.165) is 37.3 Å². The van der Waals surface area contributed by atoms with Crippen LogP contribution in [0.5, 0.6) is 0 Å². The van der Waals surface area contributed by atoms with Gasteiger partial charge in [-0.1, -0.05) is 18.2 Å². The molecule has 0 aliphatic carbocycles. The lowest BCUT2D eigenvalue weighted by atomic mass is 9.89. The molecule has 1 aromatic heterocycles. The van der Waals surface area contributed by atoms with Gasteiger partial charge in [0.05, 0.1) is 11.9 Å². The summed E-state index contributed by atoms with van der Waals surface area (Å²) in [5.74, 6) is 0.502. The molecule has 5 heteroatoms. The molecule has 1 aliphatic rings. The minimum atomic E-state index is 0. The van der Waals surface area contributed by atoms with Crippen LogP contribution in [0.4, 0.5) is 0 Å². The van der Waals surface area contributed by atoms with E-state index >= 15 is 0 Å². The molecule has 1 unspecified atom stereocenters. The van der Waals surface area contributed by atoms with Crippen LogP contribution in [0.1, 0.15) is 24.4 Å². The van der Waals surface area contributed by atoms with Gasteiger partial charge < -0.3 is 10.5 Å². The molecule has 20 heavy (non-hydrogen) atoms. The number of aromatic nitrogens is 2. The van der Waals surface area contributed by atoms with Crippen LogP contribution in [-0.2, 0) is 4.74 Å². The van der Waals surface area contributed by atoms with E-state index in [0.29, 0.717) is 5.92 Å². The zero-order valence-corrected chi connectivity index (χ0v) is 12.1. The van der Waals surface area contributed by atoms with Crippen molar-refractivity contribution in [3.05, 3.63) is 48.3 Å². The summed E-state index contributed by atoms with van der Waals surface area (Å²) in [6.07, 6.45) is 6.00. The van der Waals surface area contributed by atoms with E-state index in [2.05, 4.69) is 5.10 Å². The Labute approximate surface area is 125 Å². The molecule has 3 rings (SSSR count). The van der Waals surface area contributed by atoms with Gasteiger partial charge in [-0.3, -0.25) is 0 Å². The molecule has 2 N–H and O–H groups in total. The first-order chi connectivity index (χ1) is 9.34. The Balaban J connectivity index is 0.00000147. The zero-order chi connectivity index (χ0) is 13.1. The monoisotopic (exact) mass is 293 g/mol. The smallest absolute Gasteiger partial charge is 0.0645 e. The summed E-state index contributed by atoms with van der Waals surface area (Å²) >= 11 is 0. The number of nitrogens with two attached hydrogens (primary N) is 1. The number of halogens is 1. The quantitative estimate of drug-likeness (QED) is 0.947. The fraction of sp³-hybridized carbons (Fsp3) is 0.400. The van der Waals surface area contributed by atoms with Crippen LogP contribution in [0.2, 0.25) is 0 Å². The number of ether oxygens (including phenoxy) is 1. The second-order valence-corrected chi connectivity index (χ2v) is 5.03. The topological polar surface area (TPSA) is 53.1 Å². The largest absolute Gasteiger partial charge is 0.381 e. The summed E-state index contributed by atoms with van der Waals surface area (Å²) in [6, 6.07) is 10.2. The summed E-state index contributed by atoms with van der Waals surface area (Å²) in [7, 11) is 0. The predicted octanol–water partition coefficient (Wildman–Crippen LogP) is 2.72. The van der Waals surface area contributed by atoms with Crippen LogP contribution in [-0.4, -0.2) is 23.0 Å². The Hall–Kier alpha value is -1.36. The molecule has 0 bridgehead atoms. The Bertz CT molecular complexity index is 523. The van der Waals surface area contributed by atoms with Crippen molar-refractivity contribution in [1.82, 2.24) is 9.78 Å². The zero-order valence-electron chi connectivity index (χ0n) is 11.3. The van der Waals surface area contributed by atoms with Crippen LogP contribution in [0.3, 0.4) is 0 Å². The van der Waals surface area contributed by atoms with Crippen molar-refractivity contribution < 1.29 is 4.74 Å². The van der Waals surface area contributed by atoms with Gasteiger partial charge in [0.2, 0.25) is 0 Å². The highest BCUT2D eigenvalue weighted by Crippen LogP contribution is 2.28. The molecular formula is C15H20ClN3O. The first-order valence-electron chi connectivity index (χ1n) is 6.78. The first-order valence-corrected chi connectivity index (χ1v) is 6.78. The molecular weight excluding hydrogens is 274 g/mol. The van der Waals surface area contributed by atoms with Crippen molar-refractivity contribution in [3.63, 3.8) is 0 Å². The summed E-state index contributed by atoms with van der Waals surface area (Å²) in [5, 5.41) is 4.41. The number of para-hydroxylation sites is 1. The van der Waals surface area contributed by atoms with Crippen LogP contribution in [0, 0.1) is 5.92 Å². The highest BCUT2D eigenvalue weighted by atomic mass is 35.5. The third-order valence-electron chi connectivity index (χ3n) is 3.78. The molecule has 2 aromatic rings. The molecule has 1 fully saturated rings. The Morgan fingerprint density at radius 2 is 1.90 bits per heavy atom. The molecule has 108 valence electrons. The van der Waals surface area contributed by atoms with Crippen molar-refractivity contribution in [2.75, 3.05) is 13.2 Å². The van der Waals surface area contributed by atoms with E-state index in [1.807, 2.05) is 47.4 Å². The van der Waals surface area contributed by atoms with Gasteiger partial charge in [0, 0.05) is 31.0 Å². The average molecular weight is 294 g/mol. The summed E-state index contributed by atoms with van der Waals surface area (Å²) in [4.78, 5) is 0. The van der Waals surface area contributed by atoms with Gasteiger partial charge >= 0.3 is 0 Å². The highest BCUT2D eigenvalue weighted by Gasteiger charge is 2.23. The second-order valence-electron chi connectivity index (χ2n) is 5.03. The van der Waals surface area contributed by atoms with Gasteiger partial charge in [-0.05, 0) is 30.9 Å². The van der Waals surface area contributed by atoms with Gasteiger partial charge in [-0.15, -0.1) is 12.4 Å². The molecule has 4 nitrogen and oxygen atoms in total. The van der Waals surface area contributed by atoms with E-state index in [9.17, 15) is 0 Å². The predicted molar refractivity (Wildman–Crippen MR) is 81.3 cm³/mol. The molecule has 1 aliphatic heterocycles. The third kappa shape index (κ3) is 3.20. The molecule has 1 atom stereocenters. The molecule has 2 heterocycles. The Morgan fingerprint density at radius 1 is 1.20 bits per heavy atom. The number of hydrogen-bond donors (Lipinski definition) is 1. The molecule has 1 saturated heterocycles. The van der Waals surface area contributed by atoms with E-state index < -0.39 is 0 Å². The van der Waals surface area contributed by atoms with Gasteiger partial charge in [-0.25, -0.2) is 4.68 Å². The number of rotatable bonds is 3. The van der Waals surface area contributed by atoms with Gasteiger partial charge in [-0.2, -0.15) is 5.10 Å². The number of benzene rings is 1. The molecule has 0 amide bonds. The van der Waals surface area contributed by atoms with Crippen LogP contribution in [0.25, 0.3) is 5.69 Å². The SMILES string of the molecule is Cl.NC(c1cnn(-c2ccccc2)c1)C1CCOCC1. The normalized spacial score (nSPS) is 17.4. The van der Waals surface area contributed by atoms with Crippen LogP contribution < -0.4 is 5.73 Å². The minimum absolute atomic E-state index is 0. The van der Waals surface area contributed by atoms with E-state index in [1.54, 1.807) is 0 Å². The maximum Gasteiger partial charge on any atom is 0.0645 e. The summed E-state index contributed by atoms with van der Waals surface area (Å²) in [6.45, 7) is 1.65. The molecule has 0 spiro atoms. The van der Waals surface area contributed by atoms with Crippen molar-refractivity contribution in [2.45, 2.75) is 18.9 Å². The fourth-order valence-corrected chi connectivity index (χ4v) is 2.58. The standard InChI is InChI=1S/C15H19N3O.ClH/c16-15(12-6-8-19-9-7-12)13-10-17-18(11-13)14-4-2-1-3-5-14;/h1-5,10-12,15H,6-9,16H2;1H. The van der Waals surface area contributed by atoms with Crippen molar-refractivity contribution in [1.29, 1.82) is 0 Å². The van der Waals surface area contributed by atoms with Crippen LogP contribution >= 0.6 is 12.4 Å². The van der Waals surface area contributed by atoms with E-state index in [4.69, 9.17) is 10.5 Å². The molecule has 1 aromatic carbocycles. The molecule has 0 radical (unpaired) electrons. The fourth-order valence-electron chi connectivity index (χ4n) is 2.58. The highest BCUT2D eigenvalue weighted by molar-refractivity contribution is 5.85. The Morgan fingerprint density at radius 3 is 2.60 bits per heavy atom. The van der Waals surface area contributed by atoms with Crippen LogP contribution in [0.15, 0.2) is 42.7 Å². The Kier molecular flexibility index (Phi) is 5.17. The maximum absolute atomic E-state index is 6.35. The lowest BCUT2D eigenvalue weighted by Gasteiger charge is -2.26. The van der Waals surface area contributed by atoms with Crippen molar-refractivity contribution >= 4 is 12.4 Å². The van der Waals surface area contributed by atoms with Gasteiger partial charge in [0.15, 0.2) is 0 Å². The average Bonchev–Trinajstić information content (AvgIpc) is 2.98. The maximum atomic E-state index is 6.35. The number of hydrogen-bond acceptors (Lipinski definition) is 3. The van der Waals surface area contributed by atoms with Gasteiger partial charge in [0.25, 0.3) is 0 Å².